The molecule has 7 heterocycles. The molecule has 0 bridgehead atoms. The fourth-order valence-corrected chi connectivity index (χ4v) is 16.9. The van der Waals surface area contributed by atoms with Crippen LogP contribution in [0, 0.1) is 29.3 Å². The molecule has 18 heteroatoms. The highest BCUT2D eigenvalue weighted by Gasteiger charge is 2.31. The average Bonchev–Trinajstić information content (AvgIpc) is 0.771. The van der Waals surface area contributed by atoms with E-state index >= 15 is 22.0 Å². The summed E-state index contributed by atoms with van der Waals surface area (Å²) in [6.45, 7) is 39.4. The molecule has 7 aromatic heterocycles. The summed E-state index contributed by atoms with van der Waals surface area (Å²) in [5.41, 5.74) is 19.7. The van der Waals surface area contributed by atoms with Crippen LogP contribution < -0.4 is 14.7 Å². The number of rotatable bonds is 18. The van der Waals surface area contributed by atoms with Gasteiger partial charge in [-0.1, -0.05) is 288 Å². The highest BCUT2D eigenvalue weighted by Crippen LogP contribution is 2.48. The molecule has 0 radical (unpaired) electrons. The highest BCUT2D eigenvalue weighted by atomic mass is 19.2. The number of para-hydroxylation sites is 6. The van der Waals surface area contributed by atoms with Gasteiger partial charge in [0, 0.05) is 69.5 Å². The van der Waals surface area contributed by atoms with Crippen molar-refractivity contribution in [2.45, 2.75) is 157 Å². The monoisotopic (exact) mass is 1900 g/mol. The summed E-state index contributed by atoms with van der Waals surface area (Å²) in [6.07, 6.45) is 4.98. The third-order valence-electron chi connectivity index (χ3n) is 25.1. The molecule has 0 aliphatic carbocycles. The molecule has 18 rings (SSSR count). The topological polar surface area (TPSA) is 161 Å². The van der Waals surface area contributed by atoms with Gasteiger partial charge in [-0.25, -0.2) is 43.1 Å². The number of hydrogen-bond acceptors (Lipinski definition) is 13. The maximum absolute atomic E-state index is 16.0. The third kappa shape index (κ3) is 23.2. The largest absolute Gasteiger partial charge is 0.507 e. The molecule has 0 aliphatic rings. The zero-order valence-corrected chi connectivity index (χ0v) is 83.8. The van der Waals surface area contributed by atoms with E-state index in [0.717, 1.165) is 67.4 Å². The summed E-state index contributed by atoms with van der Waals surface area (Å²) in [5, 5.41) is 32.6. The van der Waals surface area contributed by atoms with Gasteiger partial charge >= 0.3 is 0 Å². The van der Waals surface area contributed by atoms with Crippen LogP contribution in [0.5, 0.6) is 17.2 Å². The Hall–Kier alpha value is -16.1. The Balaban J connectivity index is 0.000000154. The zero-order chi connectivity index (χ0) is 102. The Kier molecular flexibility index (Phi) is 28.6. The van der Waals surface area contributed by atoms with Crippen molar-refractivity contribution in [3.05, 3.63) is 427 Å². The summed E-state index contributed by atoms with van der Waals surface area (Å²) in [6, 6.07) is 106. The van der Waals surface area contributed by atoms with Crippen LogP contribution in [0.3, 0.4) is 0 Å². The maximum atomic E-state index is 16.0. The van der Waals surface area contributed by atoms with Crippen molar-refractivity contribution in [1.29, 1.82) is 0 Å². The molecule has 0 spiro atoms. The van der Waals surface area contributed by atoms with Crippen LogP contribution in [0.1, 0.15) is 158 Å². The van der Waals surface area contributed by atoms with Gasteiger partial charge in [0.2, 0.25) is 11.9 Å². The fourth-order valence-electron chi connectivity index (χ4n) is 16.9. The van der Waals surface area contributed by atoms with Crippen LogP contribution in [0.2, 0.25) is 0 Å². The van der Waals surface area contributed by atoms with E-state index in [1.54, 1.807) is 113 Å². The lowest BCUT2D eigenvalue weighted by atomic mass is 9.79. The minimum absolute atomic E-state index is 0.00445. The predicted molar refractivity (Wildman–Crippen MR) is 574 cm³/mol. The van der Waals surface area contributed by atoms with E-state index in [0.29, 0.717) is 85.2 Å². The second kappa shape index (κ2) is 41.0. The molecule has 0 fully saturated rings. The lowest BCUT2D eigenvalue weighted by Gasteiger charge is -2.26. The van der Waals surface area contributed by atoms with E-state index < -0.39 is 29.3 Å². The van der Waals surface area contributed by atoms with Crippen LogP contribution in [0.15, 0.2) is 364 Å². The van der Waals surface area contributed by atoms with Crippen molar-refractivity contribution in [3.63, 3.8) is 0 Å². The molecule has 0 saturated carbocycles. The van der Waals surface area contributed by atoms with E-state index in [-0.39, 0.29) is 77.9 Å². The number of pyridine rings is 7. The summed E-state index contributed by atoms with van der Waals surface area (Å²) >= 11 is 0. The maximum Gasteiger partial charge on any atom is 0.239 e. The van der Waals surface area contributed by atoms with Gasteiger partial charge in [-0.15, -0.1) is 0 Å². The van der Waals surface area contributed by atoms with Crippen LogP contribution in [-0.2, 0) is 32.5 Å². The molecule has 720 valence electrons. The molecule has 3 N–H and O–H groups in total. The quantitative estimate of drug-likeness (QED) is 0.0551. The van der Waals surface area contributed by atoms with Gasteiger partial charge in [0.25, 0.3) is 0 Å². The summed E-state index contributed by atoms with van der Waals surface area (Å²) in [7, 11) is 0. The molecule has 0 atom stereocenters. The van der Waals surface area contributed by atoms with Crippen molar-refractivity contribution in [3.8, 4) is 118 Å². The first kappa shape index (κ1) is 99.9. The van der Waals surface area contributed by atoms with E-state index in [9.17, 15) is 15.3 Å². The number of phenols is 3. The SMILES string of the molecule is CC(C)(C)c1cc(-c2cc(-c3cc(F)cc(N(c4ccccc4)c4ccccn4)c3)nc(-c3ccccc3O)c2)cc(C(C)(C)C)c1.CC(C)(C)c1cc(-c2cc(-c3ccccc3O)nc(-c3cc(N(c4ccccc4)c4ccccn4)c(F)cc3F)c2)cc(C(C)(C)C)c1.CC(C)(C)c1cc(-c2cc(-c3ccccc3O)nc(-c3cc(N(c4ccccc4)c4ccccn4)c(F)nc3F)c2)cc(C(C)(C)C)c1. The summed E-state index contributed by atoms with van der Waals surface area (Å²) < 4.78 is 79.2. The third-order valence-corrected chi connectivity index (χ3v) is 25.1. The fraction of sp³-hybridized carbons (Fsp3) is 0.192. The molecule has 143 heavy (non-hydrogen) atoms. The van der Waals surface area contributed by atoms with Gasteiger partial charge in [0.1, 0.15) is 57.8 Å². The first-order valence-electron chi connectivity index (χ1n) is 47.8. The van der Waals surface area contributed by atoms with Gasteiger partial charge in [-0.2, -0.15) is 13.8 Å². The molecule has 0 unspecified atom stereocenters. The average molecular weight is 1900 g/mol. The number of anilines is 9. The van der Waals surface area contributed by atoms with E-state index in [1.807, 2.05) is 181 Å². The second-order valence-corrected chi connectivity index (χ2v) is 42.0. The minimum atomic E-state index is -1.00. The first-order chi connectivity index (χ1) is 67.9. The Morgan fingerprint density at radius 1 is 0.210 bits per heavy atom. The summed E-state index contributed by atoms with van der Waals surface area (Å²) in [4.78, 5) is 37.2. The Bertz CT molecular complexity index is 7110. The molecule has 0 aliphatic heterocycles. The number of aromatic hydroxyl groups is 3. The number of aromatic nitrogens is 7. The lowest BCUT2D eigenvalue weighted by molar-refractivity contribution is 0.476. The molecule has 13 nitrogen and oxygen atoms in total. The number of halogens is 5. The standard InChI is InChI=1S/C42H39F2N3O.C42H40FN3O.C41H38F2N4O/c1-41(2,3)29-20-27(21-30(24-29)42(4,5)6)28-22-36(32-16-10-11-17-39(32)48)46-37(23-28)33-25-38(35(44)26-34(33)43)47(31-14-8-7-9-15-31)40-18-12-13-19-45-40;1-41(2,3)31-20-28(21-32(26-31)42(4,5)6)29-24-37(45-38(25-29)36-16-10-11-17-39(36)47)30-22-33(43)27-35(23-30)46(34-14-8-7-9-15-34)40-18-12-13-19-44-40;1-40(2,3)28-20-26(21-29(24-28)41(4,5)6)27-22-33(31-16-10-11-17-36(31)48)45-34(23-27)32-25-35(39(43)46-38(32)42)47(30-14-8-7-9-15-30)37-18-12-13-19-44-37/h7-26,48H,1-6H3;7-27,47H,1-6H3;7-25,48H,1-6H3. The molecule has 11 aromatic carbocycles. The van der Waals surface area contributed by atoms with Crippen LogP contribution >= 0.6 is 0 Å². The van der Waals surface area contributed by atoms with Crippen LogP contribution in [0.4, 0.5) is 73.5 Å². The molecular weight excluding hydrogens is 1780 g/mol. The van der Waals surface area contributed by atoms with Gasteiger partial charge in [-0.05, 0) is 275 Å². The van der Waals surface area contributed by atoms with Crippen molar-refractivity contribution < 1.29 is 37.3 Å². The van der Waals surface area contributed by atoms with Crippen molar-refractivity contribution >= 4 is 51.6 Å². The lowest BCUT2D eigenvalue weighted by Crippen LogP contribution is -2.16. The molecular formula is C125H117F5N10O3. The van der Waals surface area contributed by atoms with E-state index in [1.165, 1.54) is 35.4 Å². The van der Waals surface area contributed by atoms with Gasteiger partial charge < -0.3 is 15.3 Å². The minimum Gasteiger partial charge on any atom is -0.507 e. The first-order valence-corrected chi connectivity index (χ1v) is 47.8. The zero-order valence-electron chi connectivity index (χ0n) is 83.8. The Morgan fingerprint density at radius 3 is 0.839 bits per heavy atom. The van der Waals surface area contributed by atoms with Crippen molar-refractivity contribution in [2.24, 2.45) is 0 Å². The van der Waals surface area contributed by atoms with Gasteiger partial charge in [-0.3, -0.25) is 14.7 Å². The van der Waals surface area contributed by atoms with Crippen LogP contribution in [-0.4, -0.2) is 50.2 Å². The Labute approximate surface area is 835 Å². The molecule has 0 saturated heterocycles. The number of benzene rings is 11. The number of nitrogens with zero attached hydrogens (tertiary/aromatic N) is 10. The van der Waals surface area contributed by atoms with E-state index in [4.69, 9.17) is 15.0 Å². The summed E-state index contributed by atoms with van der Waals surface area (Å²) in [5.74, 6) is -2.07. The van der Waals surface area contributed by atoms with Crippen LogP contribution in [0.25, 0.3) is 101 Å². The van der Waals surface area contributed by atoms with E-state index in [2.05, 4.69) is 199 Å². The number of hydrogen-bond donors (Lipinski definition) is 3. The number of phenolic OH excluding ortho intramolecular Hbond substituents is 3. The van der Waals surface area contributed by atoms with Crippen molar-refractivity contribution in [2.75, 3.05) is 14.7 Å². The smallest absolute Gasteiger partial charge is 0.239 e. The predicted octanol–water partition coefficient (Wildman–Crippen LogP) is 33.8. The Morgan fingerprint density at radius 2 is 0.497 bits per heavy atom. The molecule has 0 amide bonds. The van der Waals surface area contributed by atoms with Crippen molar-refractivity contribution in [1.82, 2.24) is 34.9 Å². The highest BCUT2D eigenvalue weighted by molar-refractivity contribution is 5.88. The normalized spacial score (nSPS) is 11.8. The second-order valence-electron chi connectivity index (χ2n) is 42.0. The molecule has 18 aromatic rings. The van der Waals surface area contributed by atoms with Gasteiger partial charge in [0.05, 0.1) is 51.1 Å². The van der Waals surface area contributed by atoms with Gasteiger partial charge in [0.15, 0.2) is 0 Å².